The van der Waals surface area contributed by atoms with Crippen molar-refractivity contribution in [3.63, 3.8) is 0 Å². The van der Waals surface area contributed by atoms with Gasteiger partial charge < -0.3 is 14.9 Å². The van der Waals surface area contributed by atoms with Gasteiger partial charge in [-0.05, 0) is 32.6 Å². The van der Waals surface area contributed by atoms with Gasteiger partial charge in [-0.15, -0.1) is 4.48 Å². The van der Waals surface area contributed by atoms with Crippen LogP contribution in [0.15, 0.2) is 0 Å². The van der Waals surface area contributed by atoms with Crippen molar-refractivity contribution in [1.29, 1.82) is 0 Å². The highest BCUT2D eigenvalue weighted by Gasteiger charge is 2.40. The molecule has 1 saturated carbocycles. The first-order valence-corrected chi connectivity index (χ1v) is 8.13. The van der Waals surface area contributed by atoms with Crippen LogP contribution in [0.4, 0.5) is 10.3 Å². The van der Waals surface area contributed by atoms with E-state index in [0.29, 0.717) is 67.0 Å². The van der Waals surface area contributed by atoms with Gasteiger partial charge in [-0.1, -0.05) is 0 Å². The minimum absolute atomic E-state index is 0.00658. The number of hydrogen-bond donors (Lipinski definition) is 3. The van der Waals surface area contributed by atoms with E-state index in [1.54, 1.807) is 12.5 Å². The number of nitrogens with one attached hydrogen (secondary N) is 1. The maximum absolute atomic E-state index is 13.2. The van der Waals surface area contributed by atoms with Crippen molar-refractivity contribution in [1.82, 2.24) is 15.0 Å². The Hall–Kier alpha value is -2.06. The molecule has 0 spiro atoms. The number of ether oxygens (including phenoxy) is 1. The van der Waals surface area contributed by atoms with Crippen LogP contribution in [-0.2, 0) is 12.0 Å². The molecule has 2 aromatic heterocycles. The van der Waals surface area contributed by atoms with E-state index in [4.69, 9.17) is 4.74 Å². The van der Waals surface area contributed by atoms with Crippen LogP contribution in [0, 0.1) is 6.92 Å². The molecule has 0 radical (unpaired) electrons. The van der Waals surface area contributed by atoms with Gasteiger partial charge in [0.05, 0.1) is 12.7 Å². The molecule has 7 nitrogen and oxygen atoms in total. The number of aromatic nitrogens is 3. The van der Waals surface area contributed by atoms with Crippen molar-refractivity contribution in [2.75, 3.05) is 12.1 Å². The molecule has 0 unspecified atom stereocenters. The van der Waals surface area contributed by atoms with Crippen LogP contribution in [0.5, 0.6) is 5.75 Å². The lowest BCUT2D eigenvalue weighted by Gasteiger charge is -2.34. The SMILES string of the molecule is Cc1nc(NF)c2nc(C3(O)CCC(O)CC3)c3c(c2n1)CCO3. The number of aryl methyl sites for hydroxylation is 1. The van der Waals surface area contributed by atoms with E-state index in [-0.39, 0.29) is 5.82 Å². The highest BCUT2D eigenvalue weighted by atomic mass is 19.2. The summed E-state index contributed by atoms with van der Waals surface area (Å²) < 4.78 is 18.9. The molecule has 0 bridgehead atoms. The number of rotatable bonds is 2. The summed E-state index contributed by atoms with van der Waals surface area (Å²) in [7, 11) is 0. The third kappa shape index (κ3) is 2.29. The fourth-order valence-electron chi connectivity index (χ4n) is 3.64. The number of hydrogen-bond acceptors (Lipinski definition) is 7. The zero-order chi connectivity index (χ0) is 16.9. The van der Waals surface area contributed by atoms with E-state index in [2.05, 4.69) is 15.0 Å². The summed E-state index contributed by atoms with van der Waals surface area (Å²) in [5, 5.41) is 20.8. The summed E-state index contributed by atoms with van der Waals surface area (Å²) in [5.74, 6) is 0.975. The Bertz CT molecular complexity index is 806. The molecule has 0 aromatic carbocycles. The minimum Gasteiger partial charge on any atom is -0.491 e. The lowest BCUT2D eigenvalue weighted by atomic mass is 9.80. The molecule has 1 aliphatic heterocycles. The molecular formula is C16H19FN4O3. The standard InChI is InChI=1S/C16H19FN4O3/c1-8-18-11-10-4-7-24-13(10)14(20-12(11)15(19-8)21-17)16(23)5-2-9(22)3-6-16/h9,22-23H,2-7H2,1H3,(H,18,19,21). The Labute approximate surface area is 137 Å². The fourth-order valence-corrected chi connectivity index (χ4v) is 3.64. The first-order valence-electron chi connectivity index (χ1n) is 8.13. The maximum atomic E-state index is 13.2. The lowest BCUT2D eigenvalue weighted by molar-refractivity contribution is -0.0404. The van der Waals surface area contributed by atoms with Crippen LogP contribution in [0.2, 0.25) is 0 Å². The molecule has 1 fully saturated rings. The van der Waals surface area contributed by atoms with Crippen LogP contribution < -0.4 is 10.3 Å². The van der Waals surface area contributed by atoms with Crippen molar-refractivity contribution in [2.45, 2.75) is 50.7 Å². The smallest absolute Gasteiger partial charge is 0.184 e. The van der Waals surface area contributed by atoms with E-state index in [1.165, 1.54) is 0 Å². The molecular weight excluding hydrogens is 315 g/mol. The maximum Gasteiger partial charge on any atom is 0.184 e. The molecule has 0 atom stereocenters. The van der Waals surface area contributed by atoms with Gasteiger partial charge in [-0.25, -0.2) is 20.5 Å². The third-order valence-electron chi connectivity index (χ3n) is 4.91. The Morgan fingerprint density at radius 1 is 1.21 bits per heavy atom. The number of fused-ring (bicyclic) bond motifs is 3. The summed E-state index contributed by atoms with van der Waals surface area (Å²) in [6.45, 7) is 2.16. The monoisotopic (exact) mass is 334 g/mol. The van der Waals surface area contributed by atoms with Gasteiger partial charge >= 0.3 is 0 Å². The summed E-state index contributed by atoms with van der Waals surface area (Å²) >= 11 is 0. The molecule has 2 aromatic rings. The second-order valence-corrected chi connectivity index (χ2v) is 6.54. The molecule has 0 saturated heterocycles. The highest BCUT2D eigenvalue weighted by Crippen LogP contribution is 2.45. The Morgan fingerprint density at radius 2 is 1.96 bits per heavy atom. The third-order valence-corrected chi connectivity index (χ3v) is 4.91. The first kappa shape index (κ1) is 15.5. The molecule has 8 heteroatoms. The number of aliphatic hydroxyl groups is 2. The number of nitrogens with zero attached hydrogens (tertiary/aromatic N) is 3. The summed E-state index contributed by atoms with van der Waals surface area (Å²) in [5.41, 5.74) is 2.46. The zero-order valence-electron chi connectivity index (χ0n) is 13.3. The van der Waals surface area contributed by atoms with Crippen molar-refractivity contribution in [3.8, 4) is 5.75 Å². The predicted octanol–water partition coefficient (Wildman–Crippen LogP) is 1.69. The topological polar surface area (TPSA) is 100 Å². The van der Waals surface area contributed by atoms with Gasteiger partial charge in [0.1, 0.15) is 33.9 Å². The van der Waals surface area contributed by atoms with E-state index in [1.807, 2.05) is 0 Å². The molecule has 2 aliphatic rings. The van der Waals surface area contributed by atoms with Crippen molar-refractivity contribution in [2.24, 2.45) is 0 Å². The van der Waals surface area contributed by atoms with Gasteiger partial charge in [0.15, 0.2) is 5.82 Å². The molecule has 3 heterocycles. The normalized spacial score (nSPS) is 26.2. The van der Waals surface area contributed by atoms with Gasteiger partial charge in [0.25, 0.3) is 0 Å². The average molecular weight is 334 g/mol. The number of halogens is 1. The van der Waals surface area contributed by atoms with Crippen LogP contribution in [0.25, 0.3) is 11.0 Å². The van der Waals surface area contributed by atoms with Gasteiger partial charge in [-0.2, -0.15) is 0 Å². The largest absolute Gasteiger partial charge is 0.491 e. The molecule has 128 valence electrons. The quantitative estimate of drug-likeness (QED) is 0.719. The second-order valence-electron chi connectivity index (χ2n) is 6.54. The number of pyridine rings is 1. The Balaban J connectivity index is 1.95. The van der Waals surface area contributed by atoms with Crippen LogP contribution in [0.3, 0.4) is 0 Å². The van der Waals surface area contributed by atoms with Crippen LogP contribution >= 0.6 is 0 Å². The summed E-state index contributed by atoms with van der Waals surface area (Å²) in [4.78, 5) is 12.9. The summed E-state index contributed by atoms with van der Waals surface area (Å²) in [6.07, 6.45) is 1.96. The number of anilines is 1. The molecule has 4 rings (SSSR count). The Kier molecular flexibility index (Phi) is 3.54. The fraction of sp³-hybridized carbons (Fsp3) is 0.562. The van der Waals surface area contributed by atoms with Crippen LogP contribution in [0.1, 0.15) is 42.8 Å². The first-order chi connectivity index (χ1) is 11.5. The second kappa shape index (κ2) is 5.49. The molecule has 3 N–H and O–H groups in total. The van der Waals surface area contributed by atoms with E-state index in [9.17, 15) is 14.7 Å². The number of aliphatic hydroxyl groups excluding tert-OH is 1. The van der Waals surface area contributed by atoms with E-state index in [0.717, 1.165) is 5.56 Å². The molecule has 24 heavy (non-hydrogen) atoms. The lowest BCUT2D eigenvalue weighted by Crippen LogP contribution is -2.34. The molecule has 0 amide bonds. The minimum atomic E-state index is -1.19. The predicted molar refractivity (Wildman–Crippen MR) is 84.4 cm³/mol. The van der Waals surface area contributed by atoms with Crippen LogP contribution in [-0.4, -0.2) is 37.9 Å². The molecule has 1 aliphatic carbocycles. The Morgan fingerprint density at radius 3 is 2.67 bits per heavy atom. The van der Waals surface area contributed by atoms with Crippen molar-refractivity contribution in [3.05, 3.63) is 17.1 Å². The summed E-state index contributed by atoms with van der Waals surface area (Å²) in [6, 6.07) is 0. The van der Waals surface area contributed by atoms with E-state index < -0.39 is 11.7 Å². The zero-order valence-corrected chi connectivity index (χ0v) is 13.3. The highest BCUT2D eigenvalue weighted by molar-refractivity contribution is 5.89. The van der Waals surface area contributed by atoms with Gasteiger partial charge in [0, 0.05) is 12.0 Å². The van der Waals surface area contributed by atoms with E-state index >= 15 is 0 Å². The van der Waals surface area contributed by atoms with Crippen molar-refractivity contribution < 1.29 is 19.4 Å². The average Bonchev–Trinajstić information content (AvgIpc) is 3.06. The van der Waals surface area contributed by atoms with Crippen molar-refractivity contribution >= 4 is 16.9 Å². The van der Waals surface area contributed by atoms with Gasteiger partial charge in [0.2, 0.25) is 0 Å². The van der Waals surface area contributed by atoms with Gasteiger partial charge in [-0.3, -0.25) is 0 Å².